The molecule has 1 fully saturated rings. The van der Waals surface area contributed by atoms with Crippen LogP contribution >= 0.6 is 24.0 Å². The maximum Gasteiger partial charge on any atom is 0.191 e. The van der Waals surface area contributed by atoms with E-state index >= 15 is 0 Å². The zero-order valence-electron chi connectivity index (χ0n) is 15.7. The van der Waals surface area contributed by atoms with Crippen molar-refractivity contribution in [2.45, 2.75) is 33.1 Å². The van der Waals surface area contributed by atoms with Crippen LogP contribution in [0.4, 0.5) is 0 Å². The fourth-order valence-corrected chi connectivity index (χ4v) is 2.77. The Morgan fingerprint density at radius 3 is 2.79 bits per heavy atom. The van der Waals surface area contributed by atoms with E-state index in [0.29, 0.717) is 13.2 Å². The predicted octanol–water partition coefficient (Wildman–Crippen LogP) is 1.94. The summed E-state index contributed by atoms with van der Waals surface area (Å²) in [6.45, 7) is 12.7. The lowest BCUT2D eigenvalue weighted by Crippen LogP contribution is -2.43. The molecule has 1 rings (SSSR count). The Bertz CT molecular complexity index is 319. The smallest absolute Gasteiger partial charge is 0.191 e. The molecule has 1 aliphatic rings. The largest absolute Gasteiger partial charge is 0.382 e. The van der Waals surface area contributed by atoms with Crippen LogP contribution in [0.15, 0.2) is 4.99 Å². The number of rotatable bonds is 11. The lowest BCUT2D eigenvalue weighted by Gasteiger charge is -2.30. The fraction of sp³-hybridized carbons (Fsp3) is 0.941. The number of hydrogen-bond donors (Lipinski definition) is 2. The lowest BCUT2D eigenvalue weighted by atomic mass is 10.0. The van der Waals surface area contributed by atoms with Gasteiger partial charge >= 0.3 is 0 Å². The Balaban J connectivity index is 0.00000529. The van der Waals surface area contributed by atoms with Gasteiger partial charge in [-0.25, -0.2) is 0 Å². The van der Waals surface area contributed by atoms with Crippen molar-refractivity contribution in [2.24, 2.45) is 10.9 Å². The molecule has 1 atom stereocenters. The maximum absolute atomic E-state index is 5.44. The normalized spacial score (nSPS) is 19.0. The number of nitrogens with one attached hydrogen (secondary N) is 2. The van der Waals surface area contributed by atoms with E-state index in [2.05, 4.69) is 34.4 Å². The Morgan fingerprint density at radius 2 is 2.08 bits per heavy atom. The molecule has 0 saturated carbocycles. The van der Waals surface area contributed by atoms with Gasteiger partial charge in [-0.1, -0.05) is 6.92 Å². The summed E-state index contributed by atoms with van der Waals surface area (Å²) in [5, 5.41) is 6.73. The van der Waals surface area contributed by atoms with Crippen molar-refractivity contribution in [1.29, 1.82) is 0 Å². The molecule has 1 aliphatic heterocycles. The highest BCUT2D eigenvalue weighted by molar-refractivity contribution is 14.0. The summed E-state index contributed by atoms with van der Waals surface area (Å²) < 4.78 is 10.4. The fourth-order valence-electron chi connectivity index (χ4n) is 2.77. The first-order valence-corrected chi connectivity index (χ1v) is 9.07. The molecule has 0 aromatic heterocycles. The average molecular weight is 456 g/mol. The average Bonchev–Trinajstić information content (AvgIpc) is 2.54. The van der Waals surface area contributed by atoms with Crippen LogP contribution in [0.3, 0.4) is 0 Å². The monoisotopic (exact) mass is 456 g/mol. The van der Waals surface area contributed by atoms with Crippen molar-refractivity contribution in [3.05, 3.63) is 0 Å². The molecule has 24 heavy (non-hydrogen) atoms. The molecule has 6 nitrogen and oxygen atoms in total. The zero-order chi connectivity index (χ0) is 16.8. The highest BCUT2D eigenvalue weighted by atomic mass is 127. The van der Waals surface area contributed by atoms with Gasteiger partial charge in [-0.2, -0.15) is 0 Å². The van der Waals surface area contributed by atoms with Crippen molar-refractivity contribution in [3.8, 4) is 0 Å². The molecular weight excluding hydrogens is 419 g/mol. The van der Waals surface area contributed by atoms with Crippen LogP contribution in [0, 0.1) is 5.92 Å². The first-order chi connectivity index (χ1) is 11.3. The van der Waals surface area contributed by atoms with Gasteiger partial charge in [0.15, 0.2) is 5.96 Å². The van der Waals surface area contributed by atoms with E-state index in [-0.39, 0.29) is 24.0 Å². The topological polar surface area (TPSA) is 58.1 Å². The van der Waals surface area contributed by atoms with E-state index in [9.17, 15) is 0 Å². The van der Waals surface area contributed by atoms with Gasteiger partial charge in [0, 0.05) is 46.4 Å². The number of halogens is 1. The molecule has 0 aromatic carbocycles. The van der Waals surface area contributed by atoms with E-state index in [1.165, 1.54) is 25.9 Å². The van der Waals surface area contributed by atoms with Crippen LogP contribution < -0.4 is 10.6 Å². The van der Waals surface area contributed by atoms with Gasteiger partial charge in [0.25, 0.3) is 0 Å². The quantitative estimate of drug-likeness (QED) is 0.216. The number of guanidine groups is 1. The zero-order valence-corrected chi connectivity index (χ0v) is 18.0. The number of nitrogens with zero attached hydrogens (tertiary/aromatic N) is 2. The summed E-state index contributed by atoms with van der Waals surface area (Å²) in [7, 11) is 1.69. The maximum atomic E-state index is 5.44. The predicted molar refractivity (Wildman–Crippen MR) is 112 cm³/mol. The number of aliphatic imine (C=N–C) groups is 1. The molecule has 1 unspecified atom stereocenters. The number of likely N-dealkylation sites (tertiary alicyclic amines) is 1. The molecule has 0 spiro atoms. The second-order valence-electron chi connectivity index (χ2n) is 6.19. The third-order valence-corrected chi connectivity index (χ3v) is 3.95. The molecule has 1 saturated heterocycles. The highest BCUT2D eigenvalue weighted by Crippen LogP contribution is 2.14. The summed E-state index contributed by atoms with van der Waals surface area (Å²) in [6, 6.07) is 0. The van der Waals surface area contributed by atoms with Gasteiger partial charge in [0.2, 0.25) is 0 Å². The molecule has 0 bridgehead atoms. The van der Waals surface area contributed by atoms with Gasteiger partial charge in [-0.05, 0) is 38.6 Å². The van der Waals surface area contributed by atoms with Crippen LogP contribution in [0.1, 0.15) is 33.1 Å². The summed E-state index contributed by atoms with van der Waals surface area (Å²) in [6.07, 6.45) is 3.64. The first-order valence-electron chi connectivity index (χ1n) is 9.07. The third kappa shape index (κ3) is 12.3. The van der Waals surface area contributed by atoms with E-state index in [1.807, 2.05) is 0 Å². The molecule has 0 radical (unpaired) electrons. The molecule has 0 amide bonds. The summed E-state index contributed by atoms with van der Waals surface area (Å²) >= 11 is 0. The van der Waals surface area contributed by atoms with Gasteiger partial charge in [0.1, 0.15) is 0 Å². The van der Waals surface area contributed by atoms with Crippen molar-refractivity contribution in [1.82, 2.24) is 15.5 Å². The Labute approximate surface area is 165 Å². The van der Waals surface area contributed by atoms with Gasteiger partial charge in [0.05, 0.1) is 13.2 Å². The van der Waals surface area contributed by atoms with Crippen LogP contribution in [-0.4, -0.2) is 77.1 Å². The van der Waals surface area contributed by atoms with Gasteiger partial charge < -0.3 is 25.0 Å². The minimum atomic E-state index is 0. The summed E-state index contributed by atoms with van der Waals surface area (Å²) in [5.41, 5.74) is 0. The van der Waals surface area contributed by atoms with Crippen LogP contribution in [0.2, 0.25) is 0 Å². The Kier molecular flexibility index (Phi) is 16.3. The minimum Gasteiger partial charge on any atom is -0.382 e. The van der Waals surface area contributed by atoms with Crippen molar-refractivity contribution >= 4 is 29.9 Å². The molecule has 1 heterocycles. The Morgan fingerprint density at radius 1 is 1.25 bits per heavy atom. The number of hydrogen-bond acceptors (Lipinski definition) is 4. The van der Waals surface area contributed by atoms with E-state index in [4.69, 9.17) is 9.47 Å². The second kappa shape index (κ2) is 16.4. The molecule has 2 N–H and O–H groups in total. The number of piperidine rings is 1. The van der Waals surface area contributed by atoms with Crippen molar-refractivity contribution < 1.29 is 9.47 Å². The third-order valence-electron chi connectivity index (χ3n) is 3.95. The van der Waals surface area contributed by atoms with Gasteiger partial charge in [-0.15, -0.1) is 24.0 Å². The molecule has 144 valence electrons. The highest BCUT2D eigenvalue weighted by Gasteiger charge is 2.15. The second-order valence-corrected chi connectivity index (χ2v) is 6.19. The number of ether oxygens (including phenoxy) is 2. The SMILES string of the molecule is CCNC(=NCCCOCCOC)NCCN1CCCC(C)C1.I. The van der Waals surface area contributed by atoms with Crippen molar-refractivity contribution in [2.75, 3.05) is 66.2 Å². The summed E-state index contributed by atoms with van der Waals surface area (Å²) in [4.78, 5) is 7.14. The molecule has 7 heteroatoms. The van der Waals surface area contributed by atoms with Crippen LogP contribution in [0.5, 0.6) is 0 Å². The lowest BCUT2D eigenvalue weighted by molar-refractivity contribution is 0.0702. The number of methoxy groups -OCH3 is 1. The van der Waals surface area contributed by atoms with Crippen LogP contribution in [0.25, 0.3) is 0 Å². The first kappa shape index (κ1) is 23.9. The Hall–Kier alpha value is -0.120. The van der Waals surface area contributed by atoms with E-state index < -0.39 is 0 Å². The van der Waals surface area contributed by atoms with E-state index in [0.717, 1.165) is 51.1 Å². The molecule has 0 aliphatic carbocycles. The molecule has 0 aromatic rings. The van der Waals surface area contributed by atoms with Crippen molar-refractivity contribution in [3.63, 3.8) is 0 Å². The standard InChI is InChI=1S/C17H36N4O2.HI/c1-4-18-17(19-8-6-12-23-14-13-22-3)20-9-11-21-10-5-7-16(2)15-21;/h16H,4-15H2,1-3H3,(H2,18,19,20);1H. The van der Waals surface area contributed by atoms with Crippen LogP contribution in [-0.2, 0) is 9.47 Å². The minimum absolute atomic E-state index is 0. The van der Waals surface area contributed by atoms with E-state index in [1.54, 1.807) is 7.11 Å². The van der Waals surface area contributed by atoms with Gasteiger partial charge in [-0.3, -0.25) is 4.99 Å². The summed E-state index contributed by atoms with van der Waals surface area (Å²) in [5.74, 6) is 1.75. The molecular formula is C17H37IN4O2.